The van der Waals surface area contributed by atoms with E-state index in [1.807, 2.05) is 11.8 Å². The number of ether oxygens (including phenoxy) is 1. The smallest absolute Gasteiger partial charge is 0.422 e. The first-order valence-electron chi connectivity index (χ1n) is 7.87. The maximum Gasteiger partial charge on any atom is 0.422 e. The third-order valence-corrected chi connectivity index (χ3v) is 3.54. The molecule has 1 aliphatic rings. The van der Waals surface area contributed by atoms with Crippen molar-refractivity contribution in [2.24, 2.45) is 4.99 Å². The number of aliphatic imine (C=N–C) groups is 1. The molecule has 0 bridgehead atoms. The maximum absolute atomic E-state index is 12.1. The number of hydrogen-bond acceptors (Lipinski definition) is 3. The van der Waals surface area contributed by atoms with E-state index in [1.165, 1.54) is 12.1 Å². The van der Waals surface area contributed by atoms with Gasteiger partial charge >= 0.3 is 6.18 Å². The Morgan fingerprint density at radius 1 is 1.38 bits per heavy atom. The number of hydrogen-bond donors (Lipinski definition) is 2. The van der Waals surface area contributed by atoms with Crippen LogP contribution >= 0.6 is 0 Å². The number of nitrogens with one attached hydrogen (secondary N) is 1. The molecule has 2 N–H and O–H groups in total. The normalized spacial score (nSPS) is 18.8. The highest BCUT2D eigenvalue weighted by atomic mass is 19.4. The van der Waals surface area contributed by atoms with Crippen LogP contribution in [0.25, 0.3) is 0 Å². The lowest BCUT2D eigenvalue weighted by Gasteiger charge is -2.20. The monoisotopic (exact) mass is 345 g/mol. The van der Waals surface area contributed by atoms with Crippen molar-refractivity contribution in [3.05, 3.63) is 29.8 Å². The van der Waals surface area contributed by atoms with Crippen LogP contribution in [0.2, 0.25) is 0 Å². The van der Waals surface area contributed by atoms with Crippen molar-refractivity contribution in [3.8, 4) is 5.75 Å². The minimum absolute atomic E-state index is 0.176. The SMILES string of the molecule is CCNC(=NCc1ccc(OCC(F)(F)F)cc1)N1CC[C@@H](O)C1. The molecule has 134 valence electrons. The molecule has 2 rings (SSSR count). The average Bonchev–Trinajstić information content (AvgIpc) is 2.96. The summed E-state index contributed by atoms with van der Waals surface area (Å²) >= 11 is 0. The van der Waals surface area contributed by atoms with Gasteiger partial charge in [-0.3, -0.25) is 0 Å². The number of likely N-dealkylation sites (tertiary alicyclic amines) is 1. The highest BCUT2D eigenvalue weighted by molar-refractivity contribution is 5.80. The minimum Gasteiger partial charge on any atom is -0.484 e. The van der Waals surface area contributed by atoms with E-state index in [2.05, 4.69) is 15.0 Å². The summed E-state index contributed by atoms with van der Waals surface area (Å²) in [6, 6.07) is 6.39. The Labute approximate surface area is 139 Å². The van der Waals surface area contributed by atoms with Crippen LogP contribution < -0.4 is 10.1 Å². The molecule has 0 aliphatic carbocycles. The molecule has 8 heteroatoms. The number of alkyl halides is 3. The standard InChI is InChI=1S/C16H22F3N3O2/c1-2-20-15(22-8-7-13(23)10-22)21-9-12-3-5-14(6-4-12)24-11-16(17,18)19/h3-6,13,23H,2,7-11H2,1H3,(H,20,21)/t13-/m1/s1. The predicted molar refractivity (Wildman–Crippen MR) is 85.0 cm³/mol. The van der Waals surface area contributed by atoms with Gasteiger partial charge in [-0.05, 0) is 31.0 Å². The minimum atomic E-state index is -4.34. The van der Waals surface area contributed by atoms with Crippen LogP contribution in [0, 0.1) is 0 Å². The Hall–Kier alpha value is -1.96. The van der Waals surface area contributed by atoms with Gasteiger partial charge < -0.3 is 20.1 Å². The molecule has 0 spiro atoms. The molecular weight excluding hydrogens is 323 g/mol. The topological polar surface area (TPSA) is 57.1 Å². The summed E-state index contributed by atoms with van der Waals surface area (Å²) in [5.74, 6) is 0.904. The zero-order chi connectivity index (χ0) is 17.6. The third kappa shape index (κ3) is 5.92. The molecule has 1 heterocycles. The van der Waals surface area contributed by atoms with Crippen molar-refractivity contribution in [1.82, 2.24) is 10.2 Å². The molecule has 0 unspecified atom stereocenters. The first-order chi connectivity index (χ1) is 11.4. The van der Waals surface area contributed by atoms with Gasteiger partial charge in [0.05, 0.1) is 12.6 Å². The van der Waals surface area contributed by atoms with Crippen molar-refractivity contribution in [2.45, 2.75) is 32.2 Å². The number of nitrogens with zero attached hydrogens (tertiary/aromatic N) is 2. The van der Waals surface area contributed by atoms with Crippen LogP contribution in [0.5, 0.6) is 5.75 Å². The van der Waals surface area contributed by atoms with Gasteiger partial charge in [0.1, 0.15) is 5.75 Å². The molecule has 0 saturated carbocycles. The lowest BCUT2D eigenvalue weighted by atomic mass is 10.2. The number of guanidine groups is 1. The number of benzene rings is 1. The molecule has 0 amide bonds. The Balaban J connectivity index is 1.93. The fourth-order valence-electron chi connectivity index (χ4n) is 2.38. The van der Waals surface area contributed by atoms with E-state index in [-0.39, 0.29) is 11.9 Å². The molecule has 0 aromatic heterocycles. The Morgan fingerprint density at radius 3 is 2.62 bits per heavy atom. The van der Waals surface area contributed by atoms with Crippen molar-refractivity contribution < 1.29 is 23.0 Å². The Kier molecular flexibility index (Phi) is 6.30. The summed E-state index contributed by atoms with van der Waals surface area (Å²) in [6.45, 7) is 3.08. The number of aliphatic hydroxyl groups excluding tert-OH is 1. The zero-order valence-corrected chi connectivity index (χ0v) is 13.5. The molecule has 1 saturated heterocycles. The summed E-state index contributed by atoms with van der Waals surface area (Å²) in [5.41, 5.74) is 0.865. The average molecular weight is 345 g/mol. The predicted octanol–water partition coefficient (Wildman–Crippen LogP) is 2.16. The van der Waals surface area contributed by atoms with Crippen LogP contribution in [0.4, 0.5) is 13.2 Å². The van der Waals surface area contributed by atoms with Gasteiger partial charge in [-0.2, -0.15) is 13.2 Å². The number of halogens is 3. The lowest BCUT2D eigenvalue weighted by Crippen LogP contribution is -2.40. The van der Waals surface area contributed by atoms with Crippen molar-refractivity contribution in [3.63, 3.8) is 0 Å². The van der Waals surface area contributed by atoms with Gasteiger partial charge in [-0.15, -0.1) is 0 Å². The van der Waals surface area contributed by atoms with Gasteiger partial charge in [0.2, 0.25) is 0 Å². The fraction of sp³-hybridized carbons (Fsp3) is 0.562. The molecule has 1 aromatic carbocycles. The second-order valence-electron chi connectivity index (χ2n) is 5.61. The molecule has 5 nitrogen and oxygen atoms in total. The Morgan fingerprint density at radius 2 is 2.08 bits per heavy atom. The third-order valence-electron chi connectivity index (χ3n) is 3.54. The van der Waals surface area contributed by atoms with Gasteiger partial charge in [0.25, 0.3) is 0 Å². The summed E-state index contributed by atoms with van der Waals surface area (Å²) in [4.78, 5) is 6.51. The summed E-state index contributed by atoms with van der Waals surface area (Å²) in [5, 5.41) is 12.8. The second-order valence-corrected chi connectivity index (χ2v) is 5.61. The van der Waals surface area contributed by atoms with Crippen LogP contribution in [0.3, 0.4) is 0 Å². The van der Waals surface area contributed by atoms with E-state index in [9.17, 15) is 18.3 Å². The van der Waals surface area contributed by atoms with Gasteiger partial charge in [0, 0.05) is 19.6 Å². The van der Waals surface area contributed by atoms with E-state index in [1.54, 1.807) is 12.1 Å². The van der Waals surface area contributed by atoms with E-state index >= 15 is 0 Å². The first kappa shape index (κ1) is 18.4. The number of β-amino-alcohol motifs (C(OH)–C–C–N with tert-alkyl or cyclic N) is 1. The van der Waals surface area contributed by atoms with Gasteiger partial charge in [-0.25, -0.2) is 4.99 Å². The van der Waals surface area contributed by atoms with E-state index < -0.39 is 12.8 Å². The molecule has 1 atom stereocenters. The van der Waals surface area contributed by atoms with Crippen LogP contribution in [-0.2, 0) is 6.54 Å². The highest BCUT2D eigenvalue weighted by Gasteiger charge is 2.28. The molecular formula is C16H22F3N3O2. The summed E-state index contributed by atoms with van der Waals surface area (Å²) in [6.07, 6.45) is -3.96. The van der Waals surface area contributed by atoms with E-state index in [4.69, 9.17) is 0 Å². The lowest BCUT2D eigenvalue weighted by molar-refractivity contribution is -0.153. The fourth-order valence-corrected chi connectivity index (χ4v) is 2.38. The summed E-state index contributed by atoms with van der Waals surface area (Å²) in [7, 11) is 0. The second kappa shape index (κ2) is 8.23. The van der Waals surface area contributed by atoms with E-state index in [0.29, 0.717) is 13.1 Å². The van der Waals surface area contributed by atoms with Crippen molar-refractivity contribution >= 4 is 5.96 Å². The van der Waals surface area contributed by atoms with E-state index in [0.717, 1.165) is 31.0 Å². The maximum atomic E-state index is 12.1. The summed E-state index contributed by atoms with van der Waals surface area (Å²) < 4.78 is 41.0. The first-order valence-corrected chi connectivity index (χ1v) is 7.87. The van der Waals surface area contributed by atoms with Crippen molar-refractivity contribution in [1.29, 1.82) is 0 Å². The van der Waals surface area contributed by atoms with Gasteiger partial charge in [0.15, 0.2) is 12.6 Å². The van der Waals surface area contributed by atoms with Gasteiger partial charge in [-0.1, -0.05) is 12.1 Å². The molecule has 1 aromatic rings. The Bertz CT molecular complexity index is 546. The number of rotatable bonds is 5. The molecule has 0 radical (unpaired) electrons. The molecule has 1 aliphatic heterocycles. The zero-order valence-electron chi connectivity index (χ0n) is 13.5. The highest BCUT2D eigenvalue weighted by Crippen LogP contribution is 2.19. The molecule has 24 heavy (non-hydrogen) atoms. The van der Waals surface area contributed by atoms with Crippen LogP contribution in [0.15, 0.2) is 29.3 Å². The largest absolute Gasteiger partial charge is 0.484 e. The molecule has 1 fully saturated rings. The van der Waals surface area contributed by atoms with Crippen LogP contribution in [-0.4, -0.2) is 54.5 Å². The van der Waals surface area contributed by atoms with Crippen molar-refractivity contribution in [2.75, 3.05) is 26.2 Å². The number of aliphatic hydroxyl groups is 1. The quantitative estimate of drug-likeness (QED) is 0.634. The van der Waals surface area contributed by atoms with Crippen LogP contribution in [0.1, 0.15) is 18.9 Å².